The molecule has 0 radical (unpaired) electrons. The van der Waals surface area contributed by atoms with Crippen molar-refractivity contribution in [1.29, 1.82) is 0 Å². The fraction of sp³-hybridized carbons (Fsp3) is 1.00. The number of halogens is 3. The highest BCUT2D eigenvalue weighted by molar-refractivity contribution is 4.88. The topological polar surface area (TPSA) is 0 Å². The minimum absolute atomic E-state index is 0.320. The Labute approximate surface area is 78.5 Å². The van der Waals surface area contributed by atoms with Gasteiger partial charge in [-0.1, -0.05) is 41.5 Å². The molecule has 1 atom stereocenters. The molecule has 0 saturated heterocycles. The van der Waals surface area contributed by atoms with Crippen LogP contribution in [0.25, 0.3) is 0 Å². The zero-order valence-electron chi connectivity index (χ0n) is 9.21. The Hall–Kier alpha value is -0.210. The summed E-state index contributed by atoms with van der Waals surface area (Å²) in [5.74, 6) is -0.403. The molecule has 0 N–H and O–H groups in total. The maximum atomic E-state index is 12.6. The van der Waals surface area contributed by atoms with Gasteiger partial charge in [-0.05, 0) is 11.3 Å². The molecule has 0 nitrogen and oxygen atoms in total. The van der Waals surface area contributed by atoms with Crippen molar-refractivity contribution in [3.63, 3.8) is 0 Å². The van der Waals surface area contributed by atoms with E-state index in [0.29, 0.717) is 0 Å². The van der Waals surface area contributed by atoms with Crippen molar-refractivity contribution in [3.05, 3.63) is 0 Å². The van der Waals surface area contributed by atoms with E-state index in [1.807, 2.05) is 20.8 Å². The summed E-state index contributed by atoms with van der Waals surface area (Å²) in [7, 11) is 0. The summed E-state index contributed by atoms with van der Waals surface area (Å²) in [6, 6.07) is 0. The Morgan fingerprint density at radius 2 is 1.15 bits per heavy atom. The molecule has 0 aromatic heterocycles. The first-order valence-corrected chi connectivity index (χ1v) is 4.47. The molecule has 0 aliphatic carbocycles. The van der Waals surface area contributed by atoms with Crippen LogP contribution in [0, 0.1) is 16.7 Å². The summed E-state index contributed by atoms with van der Waals surface area (Å²) < 4.78 is 37.8. The van der Waals surface area contributed by atoms with Gasteiger partial charge in [0, 0.05) is 0 Å². The van der Waals surface area contributed by atoms with Gasteiger partial charge in [-0.25, -0.2) is 0 Å². The summed E-state index contributed by atoms with van der Waals surface area (Å²) in [6.45, 7) is 9.71. The molecule has 0 aromatic rings. The smallest absolute Gasteiger partial charge is 0.171 e. The van der Waals surface area contributed by atoms with Crippen LogP contribution in [-0.4, -0.2) is 6.18 Å². The van der Waals surface area contributed by atoms with Crippen molar-refractivity contribution < 1.29 is 13.2 Å². The third kappa shape index (κ3) is 2.61. The SMILES string of the molecule is CC(C(C)(C)C)C(C)(C)C(F)(F)F. The van der Waals surface area contributed by atoms with Gasteiger partial charge in [0.2, 0.25) is 0 Å². The van der Waals surface area contributed by atoms with Crippen molar-refractivity contribution in [2.45, 2.75) is 47.7 Å². The molecule has 0 fully saturated rings. The molecule has 13 heavy (non-hydrogen) atoms. The zero-order valence-corrected chi connectivity index (χ0v) is 9.21. The van der Waals surface area contributed by atoms with E-state index in [9.17, 15) is 13.2 Å². The van der Waals surface area contributed by atoms with E-state index in [-0.39, 0.29) is 5.41 Å². The lowest BCUT2D eigenvalue weighted by atomic mass is 9.66. The maximum absolute atomic E-state index is 12.6. The zero-order chi connectivity index (χ0) is 11.1. The van der Waals surface area contributed by atoms with Crippen molar-refractivity contribution in [3.8, 4) is 0 Å². The maximum Gasteiger partial charge on any atom is 0.394 e. The predicted octanol–water partition coefficient (Wildman–Crippen LogP) is 4.26. The highest BCUT2D eigenvalue weighted by atomic mass is 19.4. The van der Waals surface area contributed by atoms with E-state index in [2.05, 4.69) is 0 Å². The van der Waals surface area contributed by atoms with E-state index >= 15 is 0 Å². The van der Waals surface area contributed by atoms with Crippen LogP contribution in [0.15, 0.2) is 0 Å². The van der Waals surface area contributed by atoms with E-state index in [0.717, 1.165) is 0 Å². The molecule has 0 bridgehead atoms. The molecule has 3 heteroatoms. The molecule has 0 aliphatic heterocycles. The highest BCUT2D eigenvalue weighted by Gasteiger charge is 2.53. The Kier molecular flexibility index (Phi) is 3.12. The summed E-state index contributed by atoms with van der Waals surface area (Å²) in [5.41, 5.74) is -1.94. The molecule has 0 amide bonds. The van der Waals surface area contributed by atoms with Crippen LogP contribution in [0.5, 0.6) is 0 Å². The molecule has 0 rings (SSSR count). The summed E-state index contributed by atoms with van der Waals surface area (Å²) in [5, 5.41) is 0. The average Bonchev–Trinajstić information content (AvgIpc) is 1.81. The predicted molar refractivity (Wildman–Crippen MR) is 48.5 cm³/mol. The van der Waals surface area contributed by atoms with Crippen LogP contribution in [0.2, 0.25) is 0 Å². The third-order valence-corrected chi connectivity index (χ3v) is 3.11. The van der Waals surface area contributed by atoms with Gasteiger partial charge in [0.15, 0.2) is 0 Å². The van der Waals surface area contributed by atoms with E-state index in [1.165, 1.54) is 13.8 Å². The first kappa shape index (κ1) is 12.8. The molecule has 0 spiro atoms. The largest absolute Gasteiger partial charge is 0.394 e. The second-order valence-corrected chi connectivity index (χ2v) is 5.31. The van der Waals surface area contributed by atoms with Crippen LogP contribution < -0.4 is 0 Å². The number of hydrogen-bond donors (Lipinski definition) is 0. The normalized spacial score (nSPS) is 17.3. The first-order chi connectivity index (χ1) is 5.40. The third-order valence-electron chi connectivity index (χ3n) is 3.11. The van der Waals surface area contributed by atoms with Gasteiger partial charge >= 0.3 is 6.18 Å². The minimum atomic E-state index is -4.13. The number of hydrogen-bond acceptors (Lipinski definition) is 0. The average molecular weight is 196 g/mol. The van der Waals surface area contributed by atoms with Gasteiger partial charge in [-0.3, -0.25) is 0 Å². The quantitative estimate of drug-likeness (QED) is 0.588. The summed E-state index contributed by atoms with van der Waals surface area (Å²) in [4.78, 5) is 0. The summed E-state index contributed by atoms with van der Waals surface area (Å²) >= 11 is 0. The van der Waals surface area contributed by atoms with Crippen LogP contribution in [0.4, 0.5) is 13.2 Å². The van der Waals surface area contributed by atoms with Crippen LogP contribution in [0.3, 0.4) is 0 Å². The molecule has 1 unspecified atom stereocenters. The lowest BCUT2D eigenvalue weighted by Gasteiger charge is -2.41. The molecule has 0 saturated carbocycles. The molecular formula is C10H19F3. The van der Waals surface area contributed by atoms with Gasteiger partial charge in [-0.2, -0.15) is 13.2 Å². The Morgan fingerprint density at radius 1 is 0.846 bits per heavy atom. The second kappa shape index (κ2) is 3.18. The molecule has 0 aromatic carbocycles. The van der Waals surface area contributed by atoms with Crippen molar-refractivity contribution in [2.75, 3.05) is 0 Å². The minimum Gasteiger partial charge on any atom is -0.171 e. The van der Waals surface area contributed by atoms with E-state index in [4.69, 9.17) is 0 Å². The van der Waals surface area contributed by atoms with Gasteiger partial charge in [-0.15, -0.1) is 0 Å². The lowest BCUT2D eigenvalue weighted by Crippen LogP contribution is -2.43. The molecule has 0 heterocycles. The molecule has 0 aliphatic rings. The Morgan fingerprint density at radius 3 is 1.23 bits per heavy atom. The summed E-state index contributed by atoms with van der Waals surface area (Å²) in [6.07, 6.45) is -4.13. The standard InChI is InChI=1S/C10H19F3/c1-7(8(2,3)4)9(5,6)10(11,12)13/h7H,1-6H3. The van der Waals surface area contributed by atoms with Crippen LogP contribution >= 0.6 is 0 Å². The van der Waals surface area contributed by atoms with Crippen molar-refractivity contribution in [2.24, 2.45) is 16.7 Å². The van der Waals surface area contributed by atoms with Crippen LogP contribution in [0.1, 0.15) is 41.5 Å². The van der Waals surface area contributed by atoms with Gasteiger partial charge < -0.3 is 0 Å². The Bertz CT molecular complexity index is 172. The van der Waals surface area contributed by atoms with E-state index < -0.39 is 17.5 Å². The second-order valence-electron chi connectivity index (χ2n) is 5.31. The van der Waals surface area contributed by atoms with Crippen LogP contribution in [-0.2, 0) is 0 Å². The van der Waals surface area contributed by atoms with Crippen molar-refractivity contribution in [1.82, 2.24) is 0 Å². The van der Waals surface area contributed by atoms with E-state index in [1.54, 1.807) is 6.92 Å². The Balaban J connectivity index is 4.86. The van der Waals surface area contributed by atoms with Crippen molar-refractivity contribution >= 4 is 0 Å². The fourth-order valence-corrected chi connectivity index (χ4v) is 1.33. The van der Waals surface area contributed by atoms with Gasteiger partial charge in [0.05, 0.1) is 5.41 Å². The first-order valence-electron chi connectivity index (χ1n) is 4.47. The van der Waals surface area contributed by atoms with Gasteiger partial charge in [0.25, 0.3) is 0 Å². The highest BCUT2D eigenvalue weighted by Crippen LogP contribution is 2.49. The lowest BCUT2D eigenvalue weighted by molar-refractivity contribution is -0.238. The number of alkyl halides is 3. The molecular weight excluding hydrogens is 177 g/mol. The fourth-order valence-electron chi connectivity index (χ4n) is 1.33. The van der Waals surface area contributed by atoms with Gasteiger partial charge in [0.1, 0.15) is 0 Å². The molecule has 80 valence electrons. The number of rotatable bonds is 1. The monoisotopic (exact) mass is 196 g/mol.